The summed E-state index contributed by atoms with van der Waals surface area (Å²) in [5, 5.41) is 3.52. The number of piperidine rings is 1. The van der Waals surface area contributed by atoms with Crippen LogP contribution in [0.15, 0.2) is 0 Å². The molecule has 2 aliphatic heterocycles. The maximum atomic E-state index is 3.52. The average molecular weight is 250 g/mol. The van der Waals surface area contributed by atoms with Crippen molar-refractivity contribution in [2.45, 2.75) is 70.4 Å². The van der Waals surface area contributed by atoms with Gasteiger partial charge in [-0.2, -0.15) is 0 Å². The first-order chi connectivity index (χ1) is 8.84. The summed E-state index contributed by atoms with van der Waals surface area (Å²) in [4.78, 5) is 2.93. The van der Waals surface area contributed by atoms with E-state index in [1.54, 1.807) is 0 Å². The highest BCUT2D eigenvalue weighted by atomic mass is 15.2. The minimum Gasteiger partial charge on any atom is -0.317 e. The van der Waals surface area contributed by atoms with E-state index in [1.165, 1.54) is 71.0 Å². The minimum absolute atomic E-state index is 0.934. The van der Waals surface area contributed by atoms with Gasteiger partial charge in [0.1, 0.15) is 0 Å². The molecular weight excluding hydrogens is 220 g/mol. The standard InChI is InChI=1S/C16H30N2/c1-13-4-6-15(7-5-13)18-12-2-3-16(18)14-8-10-17-11-9-14/h13-17H,2-12H2,1H3. The summed E-state index contributed by atoms with van der Waals surface area (Å²) in [5.41, 5.74) is 0. The van der Waals surface area contributed by atoms with Gasteiger partial charge in [0.25, 0.3) is 0 Å². The molecule has 1 saturated carbocycles. The largest absolute Gasteiger partial charge is 0.317 e. The summed E-state index contributed by atoms with van der Waals surface area (Å²) in [7, 11) is 0. The second kappa shape index (κ2) is 5.92. The van der Waals surface area contributed by atoms with Gasteiger partial charge in [-0.15, -0.1) is 0 Å². The molecule has 2 heterocycles. The normalized spacial score (nSPS) is 40.2. The molecule has 3 rings (SSSR count). The van der Waals surface area contributed by atoms with Crippen molar-refractivity contribution in [2.75, 3.05) is 19.6 Å². The monoisotopic (exact) mass is 250 g/mol. The molecule has 3 fully saturated rings. The maximum Gasteiger partial charge on any atom is 0.0128 e. The molecule has 18 heavy (non-hydrogen) atoms. The van der Waals surface area contributed by atoms with Crippen molar-refractivity contribution in [3.05, 3.63) is 0 Å². The molecular formula is C16H30N2. The second-order valence-corrected chi connectivity index (χ2v) is 6.95. The molecule has 1 atom stereocenters. The molecule has 0 bridgehead atoms. The van der Waals surface area contributed by atoms with Crippen LogP contribution in [0.25, 0.3) is 0 Å². The van der Waals surface area contributed by atoms with Crippen LogP contribution in [0.3, 0.4) is 0 Å². The third-order valence-corrected chi connectivity index (χ3v) is 5.72. The molecule has 1 N–H and O–H groups in total. The Morgan fingerprint density at radius 3 is 2.33 bits per heavy atom. The maximum absolute atomic E-state index is 3.52. The number of rotatable bonds is 2. The van der Waals surface area contributed by atoms with Crippen molar-refractivity contribution < 1.29 is 0 Å². The van der Waals surface area contributed by atoms with Crippen molar-refractivity contribution in [3.63, 3.8) is 0 Å². The van der Waals surface area contributed by atoms with Crippen molar-refractivity contribution in [1.29, 1.82) is 0 Å². The van der Waals surface area contributed by atoms with Crippen molar-refractivity contribution in [1.82, 2.24) is 10.2 Å². The Hall–Kier alpha value is -0.0800. The lowest BCUT2D eigenvalue weighted by Gasteiger charge is -2.41. The smallest absolute Gasteiger partial charge is 0.0128 e. The Morgan fingerprint density at radius 1 is 0.889 bits per heavy atom. The van der Waals surface area contributed by atoms with Crippen molar-refractivity contribution >= 4 is 0 Å². The first-order valence-electron chi connectivity index (χ1n) is 8.31. The Bertz CT molecular complexity index is 252. The Labute approximate surface area is 113 Å². The third kappa shape index (κ3) is 2.75. The summed E-state index contributed by atoms with van der Waals surface area (Å²) in [6.07, 6.45) is 11.7. The van der Waals surface area contributed by atoms with Gasteiger partial charge in [-0.05, 0) is 82.8 Å². The Morgan fingerprint density at radius 2 is 1.61 bits per heavy atom. The van der Waals surface area contributed by atoms with Crippen molar-refractivity contribution in [3.8, 4) is 0 Å². The van der Waals surface area contributed by atoms with Gasteiger partial charge in [-0.3, -0.25) is 4.90 Å². The van der Waals surface area contributed by atoms with E-state index in [-0.39, 0.29) is 0 Å². The van der Waals surface area contributed by atoms with Crippen molar-refractivity contribution in [2.24, 2.45) is 11.8 Å². The minimum atomic E-state index is 0.934. The SMILES string of the molecule is CC1CCC(N2CCCC2C2CCNCC2)CC1. The van der Waals surface area contributed by atoms with Gasteiger partial charge in [0, 0.05) is 12.1 Å². The number of hydrogen-bond acceptors (Lipinski definition) is 2. The van der Waals surface area contributed by atoms with Crippen LogP contribution in [0.4, 0.5) is 0 Å². The Balaban J connectivity index is 1.59. The van der Waals surface area contributed by atoms with Gasteiger partial charge in [0.05, 0.1) is 0 Å². The fraction of sp³-hybridized carbons (Fsp3) is 1.00. The van der Waals surface area contributed by atoms with E-state index in [0.717, 1.165) is 23.9 Å². The van der Waals surface area contributed by atoms with E-state index in [2.05, 4.69) is 17.1 Å². The zero-order valence-electron chi connectivity index (χ0n) is 12.0. The number of likely N-dealkylation sites (tertiary alicyclic amines) is 1. The Kier molecular flexibility index (Phi) is 4.25. The van der Waals surface area contributed by atoms with Gasteiger partial charge >= 0.3 is 0 Å². The van der Waals surface area contributed by atoms with Gasteiger partial charge < -0.3 is 5.32 Å². The van der Waals surface area contributed by atoms with Gasteiger partial charge in [-0.25, -0.2) is 0 Å². The number of nitrogens with zero attached hydrogens (tertiary/aromatic N) is 1. The molecule has 1 unspecified atom stereocenters. The summed E-state index contributed by atoms with van der Waals surface area (Å²) >= 11 is 0. The lowest BCUT2D eigenvalue weighted by molar-refractivity contribution is 0.0852. The van der Waals surface area contributed by atoms with Gasteiger partial charge in [0.15, 0.2) is 0 Å². The van der Waals surface area contributed by atoms with E-state index in [1.807, 2.05) is 0 Å². The average Bonchev–Trinajstić information content (AvgIpc) is 2.90. The first-order valence-corrected chi connectivity index (χ1v) is 8.31. The zero-order chi connectivity index (χ0) is 12.4. The summed E-state index contributed by atoms with van der Waals surface area (Å²) in [5.74, 6) is 1.98. The quantitative estimate of drug-likeness (QED) is 0.810. The van der Waals surface area contributed by atoms with E-state index >= 15 is 0 Å². The second-order valence-electron chi connectivity index (χ2n) is 6.95. The van der Waals surface area contributed by atoms with Crippen LogP contribution in [0, 0.1) is 11.8 Å². The highest BCUT2D eigenvalue weighted by molar-refractivity contribution is 4.92. The van der Waals surface area contributed by atoms with Crippen LogP contribution in [0.5, 0.6) is 0 Å². The topological polar surface area (TPSA) is 15.3 Å². The molecule has 1 aliphatic carbocycles. The fourth-order valence-corrected chi connectivity index (χ4v) is 4.58. The van der Waals surface area contributed by atoms with E-state index in [0.29, 0.717) is 0 Å². The zero-order valence-corrected chi connectivity index (χ0v) is 12.0. The molecule has 2 saturated heterocycles. The predicted octanol–water partition coefficient (Wildman–Crippen LogP) is 3.03. The number of nitrogens with one attached hydrogen (secondary N) is 1. The molecule has 2 heteroatoms. The van der Waals surface area contributed by atoms with Gasteiger partial charge in [-0.1, -0.05) is 6.92 Å². The highest BCUT2D eigenvalue weighted by Crippen LogP contribution is 2.36. The lowest BCUT2D eigenvalue weighted by Crippen LogP contribution is -2.46. The van der Waals surface area contributed by atoms with Crippen LogP contribution in [-0.4, -0.2) is 36.6 Å². The highest BCUT2D eigenvalue weighted by Gasteiger charge is 2.36. The number of hydrogen-bond donors (Lipinski definition) is 1. The van der Waals surface area contributed by atoms with Crippen LogP contribution < -0.4 is 5.32 Å². The van der Waals surface area contributed by atoms with Gasteiger partial charge in [0.2, 0.25) is 0 Å². The molecule has 0 radical (unpaired) electrons. The lowest BCUT2D eigenvalue weighted by atomic mass is 9.84. The summed E-state index contributed by atoms with van der Waals surface area (Å²) in [6, 6.07) is 1.87. The molecule has 3 aliphatic rings. The van der Waals surface area contributed by atoms with Crippen LogP contribution in [0.2, 0.25) is 0 Å². The van der Waals surface area contributed by atoms with Crippen LogP contribution in [0.1, 0.15) is 58.3 Å². The van der Waals surface area contributed by atoms with E-state index in [9.17, 15) is 0 Å². The predicted molar refractivity (Wildman–Crippen MR) is 76.7 cm³/mol. The molecule has 104 valence electrons. The molecule has 0 aromatic carbocycles. The summed E-state index contributed by atoms with van der Waals surface area (Å²) in [6.45, 7) is 6.35. The molecule has 0 amide bonds. The van der Waals surface area contributed by atoms with Crippen LogP contribution >= 0.6 is 0 Å². The van der Waals surface area contributed by atoms with E-state index < -0.39 is 0 Å². The molecule has 0 aromatic rings. The van der Waals surface area contributed by atoms with E-state index in [4.69, 9.17) is 0 Å². The molecule has 0 aromatic heterocycles. The summed E-state index contributed by atoms with van der Waals surface area (Å²) < 4.78 is 0. The third-order valence-electron chi connectivity index (χ3n) is 5.72. The van der Waals surface area contributed by atoms with Crippen LogP contribution in [-0.2, 0) is 0 Å². The fourth-order valence-electron chi connectivity index (χ4n) is 4.58. The molecule has 2 nitrogen and oxygen atoms in total. The first kappa shape index (κ1) is 12.9. The molecule has 0 spiro atoms.